The van der Waals surface area contributed by atoms with Gasteiger partial charge < -0.3 is 5.32 Å². The fraction of sp³-hybridized carbons (Fsp3) is 0.158. The van der Waals surface area contributed by atoms with E-state index in [1.165, 1.54) is 11.1 Å². The van der Waals surface area contributed by atoms with Crippen LogP contribution in [0.4, 0.5) is 5.69 Å². The van der Waals surface area contributed by atoms with Crippen LogP contribution < -0.4 is 5.32 Å². The van der Waals surface area contributed by atoms with Crippen LogP contribution in [0.3, 0.4) is 0 Å². The van der Waals surface area contributed by atoms with E-state index >= 15 is 0 Å². The number of anilines is 1. The summed E-state index contributed by atoms with van der Waals surface area (Å²) in [5, 5.41) is 3.48. The average Bonchev–Trinajstić information content (AvgIpc) is 2.49. The van der Waals surface area contributed by atoms with Gasteiger partial charge in [-0.2, -0.15) is 0 Å². The van der Waals surface area contributed by atoms with Crippen molar-refractivity contribution < 1.29 is 0 Å². The van der Waals surface area contributed by atoms with E-state index in [2.05, 4.69) is 54.4 Å². The Labute approximate surface area is 121 Å². The molecule has 1 heteroatoms. The lowest BCUT2D eigenvalue weighted by molar-refractivity contribution is 1.04. The van der Waals surface area contributed by atoms with E-state index in [4.69, 9.17) is 0 Å². The fourth-order valence-corrected chi connectivity index (χ4v) is 2.26. The van der Waals surface area contributed by atoms with Crippen LogP contribution in [0, 0.1) is 0 Å². The summed E-state index contributed by atoms with van der Waals surface area (Å²) >= 11 is 0. The molecule has 0 saturated carbocycles. The van der Waals surface area contributed by atoms with Crippen LogP contribution in [0.2, 0.25) is 0 Å². The summed E-state index contributed by atoms with van der Waals surface area (Å²) in [5.41, 5.74) is 4.69. The SMILES string of the molecule is C=C/C=C(\C=C/C)Nc1ccccc1C1=CCCC=C1. The topological polar surface area (TPSA) is 12.0 Å². The molecule has 102 valence electrons. The Hall–Kier alpha value is -2.28. The third-order valence-electron chi connectivity index (χ3n) is 3.16. The third-order valence-corrected chi connectivity index (χ3v) is 3.16. The molecule has 0 bridgehead atoms. The van der Waals surface area contributed by atoms with Gasteiger partial charge in [0.1, 0.15) is 0 Å². The molecule has 1 aromatic rings. The highest BCUT2D eigenvalue weighted by Gasteiger charge is 2.07. The first-order valence-corrected chi connectivity index (χ1v) is 7.03. The second-order valence-corrected chi connectivity index (χ2v) is 4.67. The first-order chi connectivity index (χ1) is 9.85. The molecule has 0 heterocycles. The van der Waals surface area contributed by atoms with Crippen LogP contribution in [0.25, 0.3) is 5.57 Å². The van der Waals surface area contributed by atoms with E-state index < -0.39 is 0 Å². The third kappa shape index (κ3) is 3.61. The minimum absolute atomic E-state index is 1.04. The Morgan fingerprint density at radius 1 is 1.25 bits per heavy atom. The maximum atomic E-state index is 3.76. The zero-order valence-corrected chi connectivity index (χ0v) is 12.0. The molecule has 0 atom stereocenters. The first-order valence-electron chi connectivity index (χ1n) is 7.03. The van der Waals surface area contributed by atoms with Crippen molar-refractivity contribution in [3.63, 3.8) is 0 Å². The molecule has 0 spiro atoms. The van der Waals surface area contributed by atoms with Gasteiger partial charge in [0.05, 0.1) is 0 Å². The Bertz CT molecular complexity index is 586. The maximum Gasteiger partial charge on any atom is 0.0463 e. The van der Waals surface area contributed by atoms with Crippen LogP contribution >= 0.6 is 0 Å². The summed E-state index contributed by atoms with van der Waals surface area (Å²) in [6.45, 7) is 5.77. The van der Waals surface area contributed by atoms with Crippen molar-refractivity contribution in [3.05, 3.63) is 84.6 Å². The molecule has 0 saturated heterocycles. The van der Waals surface area contributed by atoms with Gasteiger partial charge >= 0.3 is 0 Å². The van der Waals surface area contributed by atoms with Gasteiger partial charge in [-0.1, -0.05) is 55.2 Å². The van der Waals surface area contributed by atoms with Crippen molar-refractivity contribution in [2.75, 3.05) is 5.32 Å². The molecular weight excluding hydrogens is 242 g/mol. The largest absolute Gasteiger partial charge is 0.355 e. The lowest BCUT2D eigenvalue weighted by atomic mass is 9.98. The summed E-state index contributed by atoms with van der Waals surface area (Å²) in [7, 11) is 0. The number of nitrogens with one attached hydrogen (secondary N) is 1. The fourth-order valence-electron chi connectivity index (χ4n) is 2.26. The lowest BCUT2D eigenvalue weighted by Crippen LogP contribution is -2.00. The summed E-state index contributed by atoms with van der Waals surface area (Å²) in [6.07, 6.45) is 16.8. The van der Waals surface area contributed by atoms with Crippen LogP contribution in [-0.2, 0) is 0 Å². The van der Waals surface area contributed by atoms with E-state index in [1.807, 2.05) is 25.2 Å². The predicted octanol–water partition coefficient (Wildman–Crippen LogP) is 5.48. The Morgan fingerprint density at radius 3 is 2.80 bits per heavy atom. The van der Waals surface area contributed by atoms with Gasteiger partial charge in [0.25, 0.3) is 0 Å². The summed E-state index contributed by atoms with van der Waals surface area (Å²) < 4.78 is 0. The highest BCUT2D eigenvalue weighted by atomic mass is 14.9. The summed E-state index contributed by atoms with van der Waals surface area (Å²) in [5.74, 6) is 0. The van der Waals surface area contributed by atoms with E-state index in [0.29, 0.717) is 0 Å². The molecule has 1 aliphatic rings. The molecule has 1 aliphatic carbocycles. The molecule has 1 aromatic carbocycles. The molecule has 0 unspecified atom stereocenters. The predicted molar refractivity (Wildman–Crippen MR) is 89.5 cm³/mol. The van der Waals surface area contributed by atoms with E-state index in [9.17, 15) is 0 Å². The van der Waals surface area contributed by atoms with Crippen molar-refractivity contribution in [1.82, 2.24) is 0 Å². The molecule has 0 radical (unpaired) electrons. The van der Waals surface area contributed by atoms with Crippen LogP contribution in [0.1, 0.15) is 25.3 Å². The quantitative estimate of drug-likeness (QED) is 0.694. The molecule has 2 rings (SSSR count). The van der Waals surface area contributed by atoms with Crippen LogP contribution in [0.5, 0.6) is 0 Å². The number of benzene rings is 1. The molecule has 1 N–H and O–H groups in total. The molecule has 20 heavy (non-hydrogen) atoms. The number of allylic oxidation sites excluding steroid dienone is 8. The van der Waals surface area contributed by atoms with Crippen LogP contribution in [0.15, 0.2) is 79.1 Å². The Balaban J connectivity index is 2.32. The van der Waals surface area contributed by atoms with Gasteiger partial charge in [0.2, 0.25) is 0 Å². The highest BCUT2D eigenvalue weighted by Crippen LogP contribution is 2.28. The first kappa shape index (κ1) is 14.1. The molecule has 0 aliphatic heterocycles. The Kier molecular flexibility index (Phi) is 5.19. The van der Waals surface area contributed by atoms with Crippen LogP contribution in [-0.4, -0.2) is 0 Å². The summed E-state index contributed by atoms with van der Waals surface area (Å²) in [4.78, 5) is 0. The average molecular weight is 263 g/mol. The Morgan fingerprint density at radius 2 is 2.10 bits per heavy atom. The van der Waals surface area contributed by atoms with Gasteiger partial charge in [-0.25, -0.2) is 0 Å². The number of para-hydroxylation sites is 1. The van der Waals surface area contributed by atoms with Gasteiger partial charge in [-0.05, 0) is 43.6 Å². The number of rotatable bonds is 5. The highest BCUT2D eigenvalue weighted by molar-refractivity contribution is 5.83. The van der Waals surface area contributed by atoms with E-state index in [0.717, 1.165) is 24.2 Å². The van der Waals surface area contributed by atoms with Crippen molar-refractivity contribution in [3.8, 4) is 0 Å². The second kappa shape index (κ2) is 7.34. The minimum atomic E-state index is 1.04. The summed E-state index contributed by atoms with van der Waals surface area (Å²) in [6, 6.07) is 8.40. The smallest absolute Gasteiger partial charge is 0.0463 e. The molecule has 0 amide bonds. The van der Waals surface area contributed by atoms with Crippen molar-refractivity contribution >= 4 is 11.3 Å². The van der Waals surface area contributed by atoms with Crippen molar-refractivity contribution in [2.24, 2.45) is 0 Å². The second-order valence-electron chi connectivity index (χ2n) is 4.67. The van der Waals surface area contributed by atoms with Crippen molar-refractivity contribution in [1.29, 1.82) is 0 Å². The number of hydrogen-bond donors (Lipinski definition) is 1. The van der Waals surface area contributed by atoms with Gasteiger partial charge in [-0.3, -0.25) is 0 Å². The van der Waals surface area contributed by atoms with Gasteiger partial charge in [-0.15, -0.1) is 0 Å². The standard InChI is InChI=1S/C19H21N/c1-3-10-17(11-4-2)20-19-15-9-8-14-18(19)16-12-6-5-7-13-16/h3-4,6,8-15,20H,1,5,7H2,2H3/b11-4-,17-10+. The lowest BCUT2D eigenvalue weighted by Gasteiger charge is -2.15. The van der Waals surface area contributed by atoms with E-state index in [1.54, 1.807) is 6.08 Å². The molecular formula is C19H21N. The van der Waals surface area contributed by atoms with Gasteiger partial charge in [0, 0.05) is 16.9 Å². The maximum absolute atomic E-state index is 3.76. The monoisotopic (exact) mass is 263 g/mol. The molecule has 0 fully saturated rings. The zero-order valence-electron chi connectivity index (χ0n) is 12.0. The van der Waals surface area contributed by atoms with Gasteiger partial charge in [0.15, 0.2) is 0 Å². The number of hydrogen-bond acceptors (Lipinski definition) is 1. The zero-order chi connectivity index (χ0) is 14.2. The van der Waals surface area contributed by atoms with E-state index in [-0.39, 0.29) is 0 Å². The molecule has 1 nitrogen and oxygen atoms in total. The minimum Gasteiger partial charge on any atom is -0.355 e. The molecule has 0 aromatic heterocycles. The normalized spacial score (nSPS) is 15.2. The van der Waals surface area contributed by atoms with Crippen molar-refractivity contribution in [2.45, 2.75) is 19.8 Å².